The number of hydrogen-bond acceptors (Lipinski definition) is 9. The minimum absolute atomic E-state index is 0.0995. The Hall–Kier alpha value is -1.29. The van der Waals surface area contributed by atoms with Crippen molar-refractivity contribution in [1.82, 2.24) is 0 Å². The van der Waals surface area contributed by atoms with Gasteiger partial charge in [0.15, 0.2) is 18.3 Å². The van der Waals surface area contributed by atoms with Crippen LogP contribution in [0.25, 0.3) is 12.2 Å². The van der Waals surface area contributed by atoms with Crippen molar-refractivity contribution < 1.29 is 34.9 Å². The van der Waals surface area contributed by atoms with Gasteiger partial charge in [-0.1, -0.05) is 165 Å². The first-order chi connectivity index (χ1) is 25.8. The fraction of sp³-hybridized carbons (Fsp3) is 0.619. The Morgan fingerprint density at radius 2 is 0.782 bits per heavy atom. The highest BCUT2D eigenvalue weighted by Gasteiger charge is 2.16. The van der Waals surface area contributed by atoms with E-state index in [9.17, 15) is 25.9 Å². The molecule has 316 valence electrons. The molecular weight excluding hydrogens is 789 g/mol. The van der Waals surface area contributed by atoms with Gasteiger partial charge in [0.25, 0.3) is 0 Å². The first kappa shape index (κ1) is 53.7. The summed E-state index contributed by atoms with van der Waals surface area (Å²) in [7, 11) is -0.0281. The highest BCUT2D eigenvalue weighted by Crippen LogP contribution is 2.40. The number of quaternary nitrogens is 2. The number of unbranched alkanes of at least 4 members (excludes halogenated alkanes) is 14. The smallest absolute Gasteiger partial charge is 0.160 e. The molecule has 0 N–H and O–H groups in total. The molecule has 0 fully saturated rings. The Balaban J connectivity index is 0.000000843. The average Bonchev–Trinajstić information content (AvgIpc) is 3.10. The van der Waals surface area contributed by atoms with Crippen molar-refractivity contribution in [2.45, 2.75) is 130 Å². The molecule has 0 saturated carbocycles. The number of nitrogens with zero attached hydrogens (tertiary/aromatic N) is 2. The van der Waals surface area contributed by atoms with E-state index in [1.807, 2.05) is 12.2 Å². The summed E-state index contributed by atoms with van der Waals surface area (Å²) in [5.41, 5.74) is 5.26. The SMILES string of the molecule is C=Cc1ccc(C[N+](C)(C)CCCCCCCCCC)cc1.C=Cc1ccc(C[N+](C)(C)CCCCCCCCCC)cc1.O=S(=O)([O-])SSSS(=O)(=O)[O-]. The van der Waals surface area contributed by atoms with Crippen LogP contribution in [0.3, 0.4) is 0 Å². The van der Waals surface area contributed by atoms with Crippen LogP contribution in [0, 0.1) is 0 Å². The molecule has 0 radical (unpaired) electrons. The maximum Gasteiger partial charge on any atom is 0.160 e. The normalized spacial score (nSPS) is 11.9. The van der Waals surface area contributed by atoms with E-state index in [-0.39, 0.29) is 29.5 Å². The topological polar surface area (TPSA) is 114 Å². The van der Waals surface area contributed by atoms with Gasteiger partial charge in [-0.25, -0.2) is 16.8 Å². The van der Waals surface area contributed by atoms with E-state index >= 15 is 0 Å². The maximum absolute atomic E-state index is 9.79. The molecule has 55 heavy (non-hydrogen) atoms. The van der Waals surface area contributed by atoms with E-state index < -0.39 is 18.3 Å². The zero-order valence-electron chi connectivity index (χ0n) is 34.7. The first-order valence-corrected chi connectivity index (χ1v) is 27.2. The Bertz CT molecular complexity index is 1380. The van der Waals surface area contributed by atoms with Gasteiger partial charge in [-0.05, 0) is 36.8 Å². The second-order valence-corrected chi connectivity index (χ2v) is 24.9. The molecule has 0 aliphatic rings. The van der Waals surface area contributed by atoms with Gasteiger partial charge in [0.2, 0.25) is 0 Å². The lowest BCUT2D eigenvalue weighted by Gasteiger charge is -2.30. The Labute approximate surface area is 347 Å². The van der Waals surface area contributed by atoms with Crippen LogP contribution in [0.2, 0.25) is 0 Å². The van der Waals surface area contributed by atoms with Gasteiger partial charge in [0.1, 0.15) is 13.1 Å². The van der Waals surface area contributed by atoms with Gasteiger partial charge in [-0.15, -0.1) is 0 Å². The standard InChI is InChI=1S/2C21H36N.H2O6S5/c2*1-5-7-8-9-10-11-12-13-18-22(3,4)19-21-16-14-20(6-2)15-17-21;1-10(2,3)8-7-9-11(4,5)6/h2*6,14-17H,2,5,7-13,18-19H2,1,3-4H3;(H,1,2,3)(H,4,5,6)/q2*+1;/p-2. The Morgan fingerprint density at radius 3 is 1.04 bits per heavy atom. The van der Waals surface area contributed by atoms with Gasteiger partial charge < -0.3 is 18.1 Å². The largest absolute Gasteiger partial charge is 0.739 e. The predicted octanol–water partition coefficient (Wildman–Crippen LogP) is 12.0. The van der Waals surface area contributed by atoms with Crippen molar-refractivity contribution >= 4 is 59.9 Å². The molecule has 2 rings (SSSR count). The van der Waals surface area contributed by atoms with Crippen LogP contribution in [0.1, 0.15) is 139 Å². The molecule has 2 aromatic rings. The van der Waals surface area contributed by atoms with Gasteiger partial charge >= 0.3 is 0 Å². The van der Waals surface area contributed by atoms with Crippen molar-refractivity contribution in [1.29, 1.82) is 0 Å². The van der Waals surface area contributed by atoms with Crippen LogP contribution in [0.15, 0.2) is 61.7 Å². The molecule has 0 saturated heterocycles. The third-order valence-corrected chi connectivity index (χ3v) is 17.9. The summed E-state index contributed by atoms with van der Waals surface area (Å²) in [5.74, 6) is 0. The van der Waals surface area contributed by atoms with E-state index in [4.69, 9.17) is 0 Å². The molecule has 2 aromatic carbocycles. The highest BCUT2D eigenvalue weighted by atomic mass is 33.8. The summed E-state index contributed by atoms with van der Waals surface area (Å²) >= 11 is 0. The summed E-state index contributed by atoms with van der Waals surface area (Å²) in [4.78, 5) is 0. The molecule has 0 atom stereocenters. The minimum atomic E-state index is -4.54. The molecular formula is C42H72N2O6S5. The zero-order valence-corrected chi connectivity index (χ0v) is 38.8. The number of benzene rings is 2. The van der Waals surface area contributed by atoms with Crippen molar-refractivity contribution in [3.05, 3.63) is 83.9 Å². The van der Waals surface area contributed by atoms with E-state index in [0.717, 1.165) is 22.1 Å². The Morgan fingerprint density at radius 1 is 0.509 bits per heavy atom. The molecule has 0 bridgehead atoms. The van der Waals surface area contributed by atoms with Crippen LogP contribution in [0.5, 0.6) is 0 Å². The van der Waals surface area contributed by atoms with Crippen molar-refractivity contribution in [3.8, 4) is 0 Å². The van der Waals surface area contributed by atoms with Crippen LogP contribution < -0.4 is 0 Å². The van der Waals surface area contributed by atoms with E-state index in [2.05, 4.69) is 104 Å². The van der Waals surface area contributed by atoms with Crippen molar-refractivity contribution in [2.24, 2.45) is 0 Å². The third-order valence-electron chi connectivity index (χ3n) is 9.11. The van der Waals surface area contributed by atoms with E-state index in [1.165, 1.54) is 138 Å². The van der Waals surface area contributed by atoms with Crippen molar-refractivity contribution in [3.63, 3.8) is 0 Å². The molecule has 0 aliphatic carbocycles. The molecule has 0 aromatic heterocycles. The summed E-state index contributed by atoms with van der Waals surface area (Å²) in [6.45, 7) is 17.0. The number of hydrogen-bond donors (Lipinski definition) is 0. The summed E-state index contributed by atoms with van der Waals surface area (Å²) in [6, 6.07) is 17.6. The van der Waals surface area contributed by atoms with Gasteiger partial charge in [0, 0.05) is 40.6 Å². The lowest BCUT2D eigenvalue weighted by molar-refractivity contribution is -0.903. The molecule has 13 heteroatoms. The van der Waals surface area contributed by atoms with Gasteiger partial charge in [0.05, 0.1) is 41.3 Å². The quantitative estimate of drug-likeness (QED) is 0.0357. The molecule has 0 aliphatic heterocycles. The fourth-order valence-electron chi connectivity index (χ4n) is 6.09. The van der Waals surface area contributed by atoms with Gasteiger partial charge in [-0.3, -0.25) is 0 Å². The second-order valence-electron chi connectivity index (χ2n) is 15.5. The molecule has 0 unspecified atom stereocenters. The Kier molecular flexibility index (Phi) is 30.0. The molecule has 0 amide bonds. The summed E-state index contributed by atoms with van der Waals surface area (Å²) in [5, 5.41) is 0. The van der Waals surface area contributed by atoms with Crippen LogP contribution >= 0.6 is 29.5 Å². The first-order valence-electron chi connectivity index (χ1n) is 19.9. The average molecular weight is 861 g/mol. The van der Waals surface area contributed by atoms with Crippen LogP contribution in [-0.2, 0) is 31.4 Å². The lowest BCUT2D eigenvalue weighted by Crippen LogP contribution is -2.39. The number of rotatable bonds is 28. The lowest BCUT2D eigenvalue weighted by atomic mass is 10.1. The fourth-order valence-corrected chi connectivity index (χ4v) is 14.3. The van der Waals surface area contributed by atoms with Crippen LogP contribution in [-0.4, -0.2) is 76.2 Å². The molecule has 8 nitrogen and oxygen atoms in total. The van der Waals surface area contributed by atoms with Crippen LogP contribution in [0.4, 0.5) is 0 Å². The predicted molar refractivity (Wildman–Crippen MR) is 242 cm³/mol. The maximum atomic E-state index is 9.79. The monoisotopic (exact) mass is 860 g/mol. The molecule has 0 spiro atoms. The van der Waals surface area contributed by atoms with E-state index in [0.29, 0.717) is 0 Å². The second kappa shape index (κ2) is 30.7. The molecule has 0 heterocycles. The van der Waals surface area contributed by atoms with E-state index in [1.54, 1.807) is 0 Å². The summed E-state index contributed by atoms with van der Waals surface area (Å²) in [6.07, 6.45) is 26.2. The summed E-state index contributed by atoms with van der Waals surface area (Å²) < 4.78 is 60.9. The zero-order chi connectivity index (χ0) is 41.6. The van der Waals surface area contributed by atoms with Gasteiger partial charge in [-0.2, -0.15) is 0 Å². The third kappa shape index (κ3) is 34.5. The van der Waals surface area contributed by atoms with Crippen molar-refractivity contribution in [2.75, 3.05) is 41.3 Å². The minimum Gasteiger partial charge on any atom is -0.739 e. The highest BCUT2D eigenvalue weighted by molar-refractivity contribution is 9.33.